The third-order valence-corrected chi connectivity index (χ3v) is 4.54. The normalized spacial score (nSPS) is 10.4. The predicted molar refractivity (Wildman–Crippen MR) is 115 cm³/mol. The zero-order valence-corrected chi connectivity index (χ0v) is 17.2. The van der Waals surface area contributed by atoms with E-state index in [1.807, 2.05) is 60.7 Å². The number of hydrogen-bond donors (Lipinski definition) is 1. The van der Waals surface area contributed by atoms with Crippen LogP contribution in [0.25, 0.3) is 0 Å². The van der Waals surface area contributed by atoms with Crippen LogP contribution < -0.4 is 14.8 Å². The molecule has 4 nitrogen and oxygen atoms in total. The molecule has 0 aliphatic heterocycles. The number of hydrogen-bond acceptors (Lipinski definition) is 3. The first-order chi connectivity index (χ1) is 13.7. The molecule has 144 valence electrons. The van der Waals surface area contributed by atoms with Crippen molar-refractivity contribution in [3.8, 4) is 17.2 Å². The fourth-order valence-corrected chi connectivity index (χ4v) is 2.96. The largest absolute Gasteiger partial charge is 0.493 e. The third kappa shape index (κ3) is 5.36. The van der Waals surface area contributed by atoms with E-state index in [9.17, 15) is 4.79 Å². The van der Waals surface area contributed by atoms with Crippen LogP contribution in [-0.4, -0.2) is 12.5 Å². The Labute approximate surface area is 173 Å². The summed E-state index contributed by atoms with van der Waals surface area (Å²) in [5.74, 6) is 1.59. The molecule has 5 heteroatoms. The minimum absolute atomic E-state index is 0.253. The van der Waals surface area contributed by atoms with Gasteiger partial charge in [-0.05, 0) is 48.9 Å². The highest BCUT2D eigenvalue weighted by Gasteiger charge is 2.16. The summed E-state index contributed by atoms with van der Waals surface area (Å²) >= 11 is 3.43. The minimum atomic E-state index is -0.253. The number of carbonyl (C=O) groups excluding carboxylic acids is 1. The molecule has 0 saturated heterocycles. The topological polar surface area (TPSA) is 47.6 Å². The maximum Gasteiger partial charge on any atom is 0.259 e. The van der Waals surface area contributed by atoms with E-state index in [1.54, 1.807) is 12.1 Å². The Kier molecular flexibility index (Phi) is 7.09. The molecule has 0 spiro atoms. The lowest BCUT2D eigenvalue weighted by Gasteiger charge is -2.14. The summed E-state index contributed by atoms with van der Waals surface area (Å²) in [5, 5.41) is 2.94. The zero-order valence-electron chi connectivity index (χ0n) is 15.7. The third-order valence-electron chi connectivity index (χ3n) is 4.05. The Balaban J connectivity index is 1.81. The molecule has 0 fully saturated rings. The first kappa shape index (κ1) is 20.0. The van der Waals surface area contributed by atoms with Gasteiger partial charge in [0.1, 0.15) is 11.5 Å². The smallest absolute Gasteiger partial charge is 0.259 e. The number of nitrogens with one attached hydrogen (secondary N) is 1. The molecule has 0 aliphatic rings. The number of ether oxygens (including phenoxy) is 2. The minimum Gasteiger partial charge on any atom is -0.493 e. The van der Waals surface area contributed by atoms with E-state index in [0.717, 1.165) is 17.3 Å². The van der Waals surface area contributed by atoms with Gasteiger partial charge >= 0.3 is 0 Å². The van der Waals surface area contributed by atoms with Crippen molar-refractivity contribution >= 4 is 27.5 Å². The van der Waals surface area contributed by atoms with E-state index < -0.39 is 0 Å². The van der Waals surface area contributed by atoms with Crippen LogP contribution in [0.2, 0.25) is 0 Å². The first-order valence-electron chi connectivity index (χ1n) is 9.23. The molecule has 1 N–H and O–H groups in total. The van der Waals surface area contributed by atoms with E-state index in [2.05, 4.69) is 28.2 Å². The fraction of sp³-hybridized carbons (Fsp3) is 0.174. The number of carbonyl (C=O) groups is 1. The number of halogens is 1. The molecule has 0 radical (unpaired) electrons. The Morgan fingerprint density at radius 2 is 1.71 bits per heavy atom. The van der Waals surface area contributed by atoms with Crippen LogP contribution in [0, 0.1) is 0 Å². The summed E-state index contributed by atoms with van der Waals surface area (Å²) < 4.78 is 12.5. The highest BCUT2D eigenvalue weighted by molar-refractivity contribution is 9.10. The van der Waals surface area contributed by atoms with Crippen LogP contribution in [0.3, 0.4) is 0 Å². The van der Waals surface area contributed by atoms with Gasteiger partial charge in [-0.2, -0.15) is 0 Å². The lowest BCUT2D eigenvalue weighted by atomic mass is 10.1. The van der Waals surface area contributed by atoms with Gasteiger partial charge in [0.05, 0.1) is 17.9 Å². The quantitative estimate of drug-likeness (QED) is 0.398. The molecular formula is C23H22BrNO3. The van der Waals surface area contributed by atoms with Gasteiger partial charge in [-0.3, -0.25) is 4.79 Å². The lowest BCUT2D eigenvalue weighted by Crippen LogP contribution is -2.14. The van der Waals surface area contributed by atoms with E-state index in [-0.39, 0.29) is 5.91 Å². The molecule has 0 aromatic heterocycles. The summed E-state index contributed by atoms with van der Waals surface area (Å²) in [6, 6.07) is 22.2. The first-order valence-corrected chi connectivity index (χ1v) is 10.0. The average molecular weight is 440 g/mol. The number of amides is 1. The second-order valence-corrected chi connectivity index (χ2v) is 7.12. The van der Waals surface area contributed by atoms with Gasteiger partial charge in [-0.15, -0.1) is 0 Å². The Hall–Kier alpha value is -2.79. The zero-order chi connectivity index (χ0) is 19.8. The van der Waals surface area contributed by atoms with E-state index in [4.69, 9.17) is 9.47 Å². The average Bonchev–Trinajstić information content (AvgIpc) is 2.71. The molecule has 0 bridgehead atoms. The summed E-state index contributed by atoms with van der Waals surface area (Å²) in [5.41, 5.74) is 1.07. The van der Waals surface area contributed by atoms with Gasteiger partial charge in [0.25, 0.3) is 5.91 Å². The van der Waals surface area contributed by atoms with Crippen LogP contribution in [0.15, 0.2) is 77.3 Å². The van der Waals surface area contributed by atoms with Crippen LogP contribution in [0.1, 0.15) is 30.1 Å². The van der Waals surface area contributed by atoms with Gasteiger partial charge < -0.3 is 14.8 Å². The number of rotatable bonds is 8. The maximum atomic E-state index is 13.0. The van der Waals surface area contributed by atoms with Crippen molar-refractivity contribution < 1.29 is 14.3 Å². The number of benzene rings is 3. The molecular weight excluding hydrogens is 418 g/mol. The van der Waals surface area contributed by atoms with Crippen molar-refractivity contribution in [2.75, 3.05) is 11.9 Å². The van der Waals surface area contributed by atoms with Crippen LogP contribution in [0.4, 0.5) is 5.69 Å². The highest BCUT2D eigenvalue weighted by atomic mass is 79.9. The Bertz CT molecular complexity index is 928. The summed E-state index contributed by atoms with van der Waals surface area (Å²) in [6.07, 6.45) is 1.97. The van der Waals surface area contributed by atoms with Crippen molar-refractivity contribution in [2.45, 2.75) is 19.8 Å². The van der Waals surface area contributed by atoms with Crippen LogP contribution >= 0.6 is 15.9 Å². The van der Waals surface area contributed by atoms with E-state index in [1.165, 1.54) is 0 Å². The van der Waals surface area contributed by atoms with Crippen molar-refractivity contribution in [3.05, 3.63) is 82.8 Å². The second-order valence-electron chi connectivity index (χ2n) is 6.21. The lowest BCUT2D eigenvalue weighted by molar-refractivity contribution is 0.102. The van der Waals surface area contributed by atoms with Gasteiger partial charge in [0.2, 0.25) is 0 Å². The predicted octanol–water partition coefficient (Wildman–Crippen LogP) is 6.67. The molecule has 3 rings (SSSR count). The molecule has 0 aliphatic carbocycles. The van der Waals surface area contributed by atoms with E-state index >= 15 is 0 Å². The van der Waals surface area contributed by atoms with Crippen LogP contribution in [-0.2, 0) is 0 Å². The van der Waals surface area contributed by atoms with Crippen molar-refractivity contribution in [1.82, 2.24) is 0 Å². The van der Waals surface area contributed by atoms with Gasteiger partial charge in [0.15, 0.2) is 5.75 Å². The van der Waals surface area contributed by atoms with E-state index in [0.29, 0.717) is 35.1 Å². The van der Waals surface area contributed by atoms with Crippen molar-refractivity contribution in [2.24, 2.45) is 0 Å². The number of unbranched alkanes of at least 4 members (excludes halogenated alkanes) is 1. The highest BCUT2D eigenvalue weighted by Crippen LogP contribution is 2.31. The molecule has 3 aromatic carbocycles. The number of anilines is 1. The SMILES string of the molecule is CCCCOc1ccc(Br)cc1C(=O)Nc1ccccc1Oc1ccccc1. The molecule has 3 aromatic rings. The molecule has 0 saturated carbocycles. The Morgan fingerprint density at radius 1 is 0.964 bits per heavy atom. The molecule has 28 heavy (non-hydrogen) atoms. The molecule has 0 heterocycles. The molecule has 1 amide bonds. The van der Waals surface area contributed by atoms with Crippen LogP contribution in [0.5, 0.6) is 17.2 Å². The fourth-order valence-electron chi connectivity index (χ4n) is 2.60. The summed E-state index contributed by atoms with van der Waals surface area (Å²) in [7, 11) is 0. The monoisotopic (exact) mass is 439 g/mol. The van der Waals surface area contributed by atoms with Gasteiger partial charge in [-0.25, -0.2) is 0 Å². The second kappa shape index (κ2) is 9.95. The van der Waals surface area contributed by atoms with Gasteiger partial charge in [0, 0.05) is 4.47 Å². The summed E-state index contributed by atoms with van der Waals surface area (Å²) in [6.45, 7) is 2.67. The Morgan fingerprint density at radius 3 is 2.50 bits per heavy atom. The van der Waals surface area contributed by atoms with Crippen molar-refractivity contribution in [1.29, 1.82) is 0 Å². The number of para-hydroxylation sites is 3. The molecule has 0 atom stereocenters. The molecule has 0 unspecified atom stereocenters. The summed E-state index contributed by atoms with van der Waals surface area (Å²) in [4.78, 5) is 13.0. The van der Waals surface area contributed by atoms with Gasteiger partial charge in [-0.1, -0.05) is 59.6 Å². The standard InChI is InChI=1S/C23H22BrNO3/c1-2-3-15-27-21-14-13-17(24)16-19(21)23(26)25-20-11-7-8-12-22(20)28-18-9-5-4-6-10-18/h4-14,16H,2-3,15H2,1H3,(H,25,26). The maximum absolute atomic E-state index is 13.0. The van der Waals surface area contributed by atoms with Crippen molar-refractivity contribution in [3.63, 3.8) is 0 Å².